The topological polar surface area (TPSA) is 46.2 Å². The highest BCUT2D eigenvalue weighted by Crippen LogP contribution is 2.21. The summed E-state index contributed by atoms with van der Waals surface area (Å²) < 4.78 is 7.57. The Hall–Kier alpha value is -1.59. The van der Waals surface area contributed by atoms with E-state index in [1.807, 2.05) is 36.1 Å². The van der Waals surface area contributed by atoms with Crippen molar-refractivity contribution in [2.75, 3.05) is 20.6 Å². The Morgan fingerprint density at radius 2 is 2.26 bits per heavy atom. The number of imidazole rings is 1. The second kappa shape index (κ2) is 6.04. The third-order valence-electron chi connectivity index (χ3n) is 3.03. The van der Waals surface area contributed by atoms with Crippen LogP contribution in [0.2, 0.25) is 0 Å². The standard InChI is InChI=1S/C14H22N4O/c1-11(10-17(2)3)16-13(12-6-5-9-19-12)14-15-7-8-18(14)4/h5-9,11,13,16H,10H2,1-4H3. The minimum Gasteiger partial charge on any atom is -0.467 e. The molecule has 0 aliphatic rings. The number of rotatable bonds is 6. The molecule has 2 aromatic heterocycles. The van der Waals surface area contributed by atoms with Crippen LogP contribution >= 0.6 is 0 Å². The first-order valence-electron chi connectivity index (χ1n) is 6.49. The van der Waals surface area contributed by atoms with E-state index in [9.17, 15) is 0 Å². The SMILES string of the molecule is CC(CN(C)C)NC(c1ccco1)c1nccn1C. The van der Waals surface area contributed by atoms with Crippen LogP contribution in [0.4, 0.5) is 0 Å². The zero-order valence-electron chi connectivity index (χ0n) is 12.0. The Kier molecular flexibility index (Phi) is 4.39. The number of aryl methyl sites for hydroxylation is 1. The van der Waals surface area contributed by atoms with Crippen molar-refractivity contribution in [3.63, 3.8) is 0 Å². The van der Waals surface area contributed by atoms with Crippen molar-refractivity contribution >= 4 is 0 Å². The molecule has 0 aliphatic carbocycles. The summed E-state index contributed by atoms with van der Waals surface area (Å²) in [6.07, 6.45) is 5.46. The Morgan fingerprint density at radius 1 is 1.47 bits per heavy atom. The van der Waals surface area contributed by atoms with E-state index >= 15 is 0 Å². The summed E-state index contributed by atoms with van der Waals surface area (Å²) in [6.45, 7) is 3.13. The van der Waals surface area contributed by atoms with E-state index in [2.05, 4.69) is 36.2 Å². The van der Waals surface area contributed by atoms with E-state index in [1.54, 1.807) is 6.26 Å². The minimum atomic E-state index is -0.0232. The average Bonchev–Trinajstić information content (AvgIpc) is 2.96. The molecule has 0 radical (unpaired) electrons. The molecule has 104 valence electrons. The second-order valence-electron chi connectivity index (χ2n) is 5.17. The maximum atomic E-state index is 5.55. The fourth-order valence-electron chi connectivity index (χ4n) is 2.28. The van der Waals surface area contributed by atoms with Crippen LogP contribution in [0.5, 0.6) is 0 Å². The lowest BCUT2D eigenvalue weighted by atomic mass is 10.1. The maximum Gasteiger partial charge on any atom is 0.133 e. The number of hydrogen-bond acceptors (Lipinski definition) is 4. The van der Waals surface area contributed by atoms with Gasteiger partial charge < -0.3 is 13.9 Å². The van der Waals surface area contributed by atoms with Crippen LogP contribution in [-0.2, 0) is 7.05 Å². The molecule has 2 aromatic rings. The summed E-state index contributed by atoms with van der Waals surface area (Å²) in [7, 11) is 6.14. The predicted octanol–water partition coefficient (Wildman–Crippen LogP) is 1.64. The number of nitrogens with zero attached hydrogens (tertiary/aromatic N) is 3. The molecule has 2 atom stereocenters. The summed E-state index contributed by atoms with van der Waals surface area (Å²) in [5.41, 5.74) is 0. The van der Waals surface area contributed by atoms with Gasteiger partial charge in [-0.05, 0) is 33.2 Å². The Bertz CT molecular complexity index is 489. The van der Waals surface area contributed by atoms with E-state index in [0.717, 1.165) is 18.1 Å². The highest BCUT2D eigenvalue weighted by Gasteiger charge is 2.22. The molecule has 2 unspecified atom stereocenters. The third-order valence-corrected chi connectivity index (χ3v) is 3.03. The van der Waals surface area contributed by atoms with Gasteiger partial charge in [0.1, 0.15) is 17.6 Å². The lowest BCUT2D eigenvalue weighted by Crippen LogP contribution is -2.39. The summed E-state index contributed by atoms with van der Waals surface area (Å²) in [6, 6.07) is 4.20. The minimum absolute atomic E-state index is 0.0232. The van der Waals surface area contributed by atoms with Gasteiger partial charge in [-0.2, -0.15) is 0 Å². The number of aromatic nitrogens is 2. The first kappa shape index (κ1) is 13.8. The van der Waals surface area contributed by atoms with Crippen molar-refractivity contribution in [1.29, 1.82) is 0 Å². The van der Waals surface area contributed by atoms with Gasteiger partial charge in [-0.15, -0.1) is 0 Å². The lowest BCUT2D eigenvalue weighted by molar-refractivity contribution is 0.320. The maximum absolute atomic E-state index is 5.55. The van der Waals surface area contributed by atoms with E-state index in [0.29, 0.717) is 6.04 Å². The van der Waals surface area contributed by atoms with Gasteiger partial charge in [0, 0.05) is 32.0 Å². The Morgan fingerprint density at radius 3 is 2.79 bits per heavy atom. The van der Waals surface area contributed by atoms with Gasteiger partial charge >= 0.3 is 0 Å². The molecular weight excluding hydrogens is 240 g/mol. The van der Waals surface area contributed by atoms with Crippen molar-refractivity contribution in [1.82, 2.24) is 19.8 Å². The fourth-order valence-corrected chi connectivity index (χ4v) is 2.28. The third kappa shape index (κ3) is 3.45. The molecule has 2 rings (SSSR count). The van der Waals surface area contributed by atoms with Gasteiger partial charge in [0.25, 0.3) is 0 Å². The molecule has 0 fully saturated rings. The van der Waals surface area contributed by atoms with Crippen LogP contribution in [0.1, 0.15) is 24.6 Å². The van der Waals surface area contributed by atoms with Crippen molar-refractivity contribution in [2.45, 2.75) is 19.0 Å². The van der Waals surface area contributed by atoms with E-state index in [-0.39, 0.29) is 6.04 Å². The molecule has 5 heteroatoms. The Balaban J connectivity index is 2.19. The van der Waals surface area contributed by atoms with Gasteiger partial charge in [-0.3, -0.25) is 5.32 Å². The Labute approximate surface area is 114 Å². The summed E-state index contributed by atoms with van der Waals surface area (Å²) in [5, 5.41) is 3.58. The van der Waals surface area contributed by atoms with Crippen molar-refractivity contribution in [3.05, 3.63) is 42.4 Å². The molecule has 5 nitrogen and oxygen atoms in total. The normalized spacial score (nSPS) is 14.8. The number of hydrogen-bond donors (Lipinski definition) is 1. The van der Waals surface area contributed by atoms with Gasteiger partial charge in [-0.1, -0.05) is 0 Å². The number of likely N-dealkylation sites (N-methyl/N-ethyl adjacent to an activating group) is 1. The first-order valence-corrected chi connectivity index (χ1v) is 6.49. The average molecular weight is 262 g/mol. The fraction of sp³-hybridized carbons (Fsp3) is 0.500. The molecule has 0 saturated heterocycles. The van der Waals surface area contributed by atoms with Crippen LogP contribution < -0.4 is 5.32 Å². The van der Waals surface area contributed by atoms with E-state index < -0.39 is 0 Å². The van der Waals surface area contributed by atoms with Gasteiger partial charge in [0.05, 0.1) is 6.26 Å². The molecule has 0 aromatic carbocycles. The van der Waals surface area contributed by atoms with Crippen molar-refractivity contribution in [3.8, 4) is 0 Å². The quantitative estimate of drug-likeness (QED) is 0.859. The monoisotopic (exact) mass is 262 g/mol. The van der Waals surface area contributed by atoms with Crippen LogP contribution in [-0.4, -0.2) is 41.1 Å². The summed E-state index contributed by atoms with van der Waals surface area (Å²) >= 11 is 0. The van der Waals surface area contributed by atoms with Gasteiger partial charge in [0.15, 0.2) is 0 Å². The van der Waals surface area contributed by atoms with E-state index in [1.165, 1.54) is 0 Å². The molecule has 2 heterocycles. The molecule has 0 bridgehead atoms. The van der Waals surface area contributed by atoms with Gasteiger partial charge in [0.2, 0.25) is 0 Å². The van der Waals surface area contributed by atoms with Crippen LogP contribution in [0.15, 0.2) is 35.2 Å². The highest BCUT2D eigenvalue weighted by atomic mass is 16.3. The molecule has 1 N–H and O–H groups in total. The predicted molar refractivity (Wildman–Crippen MR) is 74.9 cm³/mol. The molecule has 19 heavy (non-hydrogen) atoms. The molecule has 0 spiro atoms. The van der Waals surface area contributed by atoms with Crippen molar-refractivity contribution < 1.29 is 4.42 Å². The van der Waals surface area contributed by atoms with Crippen LogP contribution in [0.3, 0.4) is 0 Å². The van der Waals surface area contributed by atoms with E-state index in [4.69, 9.17) is 4.42 Å². The molecular formula is C14H22N4O. The lowest BCUT2D eigenvalue weighted by Gasteiger charge is -2.24. The van der Waals surface area contributed by atoms with Crippen LogP contribution in [0.25, 0.3) is 0 Å². The second-order valence-corrected chi connectivity index (χ2v) is 5.17. The van der Waals surface area contributed by atoms with Crippen molar-refractivity contribution in [2.24, 2.45) is 7.05 Å². The summed E-state index contributed by atoms with van der Waals surface area (Å²) in [4.78, 5) is 6.59. The van der Waals surface area contributed by atoms with Crippen LogP contribution in [0, 0.1) is 0 Å². The van der Waals surface area contributed by atoms with Gasteiger partial charge in [-0.25, -0.2) is 4.98 Å². The number of nitrogens with one attached hydrogen (secondary N) is 1. The molecule has 0 saturated carbocycles. The molecule has 0 aliphatic heterocycles. The largest absolute Gasteiger partial charge is 0.467 e. The smallest absolute Gasteiger partial charge is 0.133 e. The zero-order chi connectivity index (χ0) is 13.8. The zero-order valence-corrected chi connectivity index (χ0v) is 12.0. The molecule has 0 amide bonds. The number of furan rings is 1. The first-order chi connectivity index (χ1) is 9.08. The highest BCUT2D eigenvalue weighted by molar-refractivity contribution is 5.16. The summed E-state index contributed by atoms with van der Waals surface area (Å²) in [5.74, 6) is 1.85.